The van der Waals surface area contributed by atoms with Gasteiger partial charge in [0.25, 0.3) is 11.8 Å². The third-order valence-corrected chi connectivity index (χ3v) is 5.14. The van der Waals surface area contributed by atoms with E-state index in [1.54, 1.807) is 70.3 Å². The molecular formula is C26H31N3O5S. The van der Waals surface area contributed by atoms with Crippen LogP contribution in [0.4, 0.5) is 10.5 Å². The van der Waals surface area contributed by atoms with Crippen LogP contribution in [0.15, 0.2) is 48.5 Å². The summed E-state index contributed by atoms with van der Waals surface area (Å²) in [6.45, 7) is 6.98. The number of carbonyl (C=O) groups is 3. The van der Waals surface area contributed by atoms with Crippen molar-refractivity contribution in [1.82, 2.24) is 10.2 Å². The van der Waals surface area contributed by atoms with E-state index in [1.165, 1.54) is 0 Å². The fraction of sp³-hybridized carbons (Fsp3) is 0.346. The first-order valence-electron chi connectivity index (χ1n) is 10.9. The summed E-state index contributed by atoms with van der Waals surface area (Å²) in [7, 11) is 1.54. The molecular weight excluding hydrogens is 466 g/mol. The maximum absolute atomic E-state index is 13.4. The summed E-state index contributed by atoms with van der Waals surface area (Å²) < 4.78 is 10.4. The largest absolute Gasteiger partial charge is 0.497 e. The standard InChI is InChI=1S/C26H31N3O5S/c1-7-29(24(31)21(16-35)28-25(32)34-26(3,4)5)22(18-10-8-9-17(2)15-18)23(30)27-19-11-13-20(33-6)14-12-19/h1,8-15,21-22,35H,16H2,2-6H3,(H,27,30)(H,28,32). The second kappa shape index (κ2) is 12.2. The summed E-state index contributed by atoms with van der Waals surface area (Å²) in [5.41, 5.74) is 1.13. The van der Waals surface area contributed by atoms with E-state index in [0.29, 0.717) is 17.0 Å². The number of anilines is 1. The smallest absolute Gasteiger partial charge is 0.408 e. The second-order valence-electron chi connectivity index (χ2n) is 8.75. The Hall–Kier alpha value is -3.64. The maximum atomic E-state index is 13.4. The monoisotopic (exact) mass is 497 g/mol. The lowest BCUT2D eigenvalue weighted by Crippen LogP contribution is -2.51. The first-order valence-corrected chi connectivity index (χ1v) is 11.5. The number of nitrogens with zero attached hydrogens (tertiary/aromatic N) is 1. The van der Waals surface area contributed by atoms with Crippen LogP contribution in [0.25, 0.3) is 0 Å². The number of hydrogen-bond donors (Lipinski definition) is 3. The van der Waals surface area contributed by atoms with Crippen molar-refractivity contribution in [2.45, 2.75) is 45.4 Å². The third-order valence-electron chi connectivity index (χ3n) is 4.77. The van der Waals surface area contributed by atoms with Crippen LogP contribution < -0.4 is 15.4 Å². The van der Waals surface area contributed by atoms with Gasteiger partial charge < -0.3 is 20.1 Å². The van der Waals surface area contributed by atoms with Crippen LogP contribution in [0.2, 0.25) is 0 Å². The van der Waals surface area contributed by atoms with Crippen LogP contribution in [0.1, 0.15) is 37.9 Å². The number of amides is 3. The Morgan fingerprint density at radius 1 is 1.14 bits per heavy atom. The first-order chi connectivity index (χ1) is 16.5. The summed E-state index contributed by atoms with van der Waals surface area (Å²) in [6, 6.07) is 13.9. The summed E-state index contributed by atoms with van der Waals surface area (Å²) in [5.74, 6) is -0.632. The van der Waals surface area contributed by atoms with E-state index in [0.717, 1.165) is 10.5 Å². The zero-order valence-electron chi connectivity index (χ0n) is 20.5. The number of methoxy groups -OCH3 is 1. The molecule has 0 radical (unpaired) electrons. The molecule has 0 aliphatic heterocycles. The molecule has 0 bridgehead atoms. The number of terminal acetylenes is 1. The van der Waals surface area contributed by atoms with Gasteiger partial charge in [-0.05, 0) is 57.5 Å². The number of benzene rings is 2. The Bertz CT molecular complexity index is 1090. The van der Waals surface area contributed by atoms with Gasteiger partial charge in [-0.25, -0.2) is 4.79 Å². The number of rotatable bonds is 8. The third kappa shape index (κ3) is 7.97. The van der Waals surface area contributed by atoms with E-state index in [2.05, 4.69) is 29.3 Å². The molecule has 2 atom stereocenters. The minimum Gasteiger partial charge on any atom is -0.497 e. The quantitative estimate of drug-likeness (QED) is 0.292. The van der Waals surface area contributed by atoms with E-state index in [1.807, 2.05) is 13.0 Å². The van der Waals surface area contributed by atoms with Crippen LogP contribution in [0, 0.1) is 19.4 Å². The van der Waals surface area contributed by atoms with Crippen LogP contribution in [-0.2, 0) is 14.3 Å². The van der Waals surface area contributed by atoms with Gasteiger partial charge in [-0.1, -0.05) is 36.3 Å². The van der Waals surface area contributed by atoms with Gasteiger partial charge >= 0.3 is 6.09 Å². The van der Waals surface area contributed by atoms with Gasteiger partial charge in [-0.2, -0.15) is 12.6 Å². The molecule has 0 aliphatic carbocycles. The number of nitrogens with one attached hydrogen (secondary N) is 2. The SMILES string of the molecule is C#CN(C(=O)C(CS)NC(=O)OC(C)(C)C)C(C(=O)Nc1ccc(OC)cc1)c1cccc(C)c1. The Balaban J connectivity index is 2.38. The topological polar surface area (TPSA) is 97.0 Å². The second-order valence-corrected chi connectivity index (χ2v) is 9.12. The molecule has 3 amide bonds. The molecule has 2 N–H and O–H groups in total. The Morgan fingerprint density at radius 3 is 2.31 bits per heavy atom. The van der Waals surface area contributed by atoms with Gasteiger partial charge in [-0.3, -0.25) is 14.5 Å². The molecule has 2 aromatic rings. The van der Waals surface area contributed by atoms with E-state index in [-0.39, 0.29) is 5.75 Å². The van der Waals surface area contributed by atoms with Gasteiger partial charge in [0.05, 0.1) is 7.11 Å². The molecule has 0 heterocycles. The van der Waals surface area contributed by atoms with Gasteiger partial charge in [0, 0.05) is 17.5 Å². The number of thiol groups is 1. The molecule has 2 aromatic carbocycles. The number of ether oxygens (including phenoxy) is 2. The Labute approximate surface area is 211 Å². The number of alkyl carbamates (subject to hydrolysis) is 1. The molecule has 2 rings (SSSR count). The van der Waals surface area contributed by atoms with Crippen LogP contribution in [0.3, 0.4) is 0 Å². The van der Waals surface area contributed by atoms with E-state index < -0.39 is 35.6 Å². The van der Waals surface area contributed by atoms with Crippen molar-refractivity contribution >= 4 is 36.2 Å². The lowest BCUT2D eigenvalue weighted by Gasteiger charge is -2.30. The van der Waals surface area contributed by atoms with Crippen molar-refractivity contribution in [3.05, 3.63) is 59.7 Å². The maximum Gasteiger partial charge on any atom is 0.408 e. The van der Waals surface area contributed by atoms with E-state index >= 15 is 0 Å². The molecule has 9 heteroatoms. The van der Waals surface area contributed by atoms with Gasteiger partial charge in [0.1, 0.15) is 23.4 Å². The number of carbonyl (C=O) groups excluding carboxylic acids is 3. The zero-order valence-corrected chi connectivity index (χ0v) is 21.4. The highest BCUT2D eigenvalue weighted by atomic mass is 32.1. The van der Waals surface area contributed by atoms with E-state index in [4.69, 9.17) is 15.9 Å². The summed E-state index contributed by atoms with van der Waals surface area (Å²) in [4.78, 5) is 40.1. The van der Waals surface area contributed by atoms with Crippen molar-refractivity contribution in [1.29, 1.82) is 0 Å². The summed E-state index contributed by atoms with van der Waals surface area (Å²) >= 11 is 4.20. The molecule has 0 aliphatic rings. The highest BCUT2D eigenvalue weighted by molar-refractivity contribution is 7.80. The molecule has 8 nitrogen and oxygen atoms in total. The van der Waals surface area contributed by atoms with Crippen molar-refractivity contribution in [2.24, 2.45) is 0 Å². The molecule has 35 heavy (non-hydrogen) atoms. The minimum atomic E-state index is -1.17. The van der Waals surface area contributed by atoms with Crippen molar-refractivity contribution in [2.75, 3.05) is 18.2 Å². The summed E-state index contributed by atoms with van der Waals surface area (Å²) in [6.07, 6.45) is 4.94. The molecule has 186 valence electrons. The lowest BCUT2D eigenvalue weighted by atomic mass is 10.0. The fourth-order valence-corrected chi connectivity index (χ4v) is 3.46. The fourth-order valence-electron chi connectivity index (χ4n) is 3.21. The Morgan fingerprint density at radius 2 is 1.80 bits per heavy atom. The molecule has 0 aromatic heterocycles. The number of hydrogen-bond acceptors (Lipinski definition) is 6. The van der Waals surface area contributed by atoms with Crippen LogP contribution in [0.5, 0.6) is 5.75 Å². The van der Waals surface area contributed by atoms with Crippen LogP contribution >= 0.6 is 12.6 Å². The van der Waals surface area contributed by atoms with E-state index in [9.17, 15) is 14.4 Å². The zero-order chi connectivity index (χ0) is 26.2. The van der Waals surface area contributed by atoms with Crippen LogP contribution in [-0.4, -0.2) is 47.3 Å². The lowest BCUT2D eigenvalue weighted by molar-refractivity contribution is -0.136. The molecule has 0 spiro atoms. The highest BCUT2D eigenvalue weighted by Crippen LogP contribution is 2.25. The predicted molar refractivity (Wildman–Crippen MR) is 138 cm³/mol. The summed E-state index contributed by atoms with van der Waals surface area (Å²) in [5, 5.41) is 5.28. The van der Waals surface area contributed by atoms with Gasteiger partial charge in [-0.15, -0.1) is 0 Å². The van der Waals surface area contributed by atoms with Crippen molar-refractivity contribution in [3.63, 3.8) is 0 Å². The van der Waals surface area contributed by atoms with Crippen molar-refractivity contribution in [3.8, 4) is 18.2 Å². The Kier molecular flexibility index (Phi) is 9.60. The average molecular weight is 498 g/mol. The highest BCUT2D eigenvalue weighted by Gasteiger charge is 2.35. The molecule has 0 saturated heterocycles. The van der Waals surface area contributed by atoms with Crippen molar-refractivity contribution < 1.29 is 23.9 Å². The molecule has 0 fully saturated rings. The average Bonchev–Trinajstić information content (AvgIpc) is 2.79. The normalized spacial score (nSPS) is 12.5. The predicted octanol–water partition coefficient (Wildman–Crippen LogP) is 3.93. The molecule has 2 unspecified atom stereocenters. The van der Waals surface area contributed by atoms with Gasteiger partial charge in [0.15, 0.2) is 0 Å². The molecule has 0 saturated carbocycles. The first kappa shape index (κ1) is 27.6. The van der Waals surface area contributed by atoms with Gasteiger partial charge in [0.2, 0.25) is 0 Å². The number of aryl methyl sites for hydroxylation is 1. The minimum absolute atomic E-state index is 0.0586.